The number of hydrogen-bond donors (Lipinski definition) is 1. The molecule has 1 N–H and O–H groups in total. The number of nitrogens with one attached hydrogen (secondary N) is 1. The molecule has 0 aliphatic heterocycles. The van der Waals surface area contributed by atoms with Crippen LogP contribution in [0.5, 0.6) is 5.75 Å². The van der Waals surface area contributed by atoms with Crippen molar-refractivity contribution in [2.45, 2.75) is 25.9 Å². The highest BCUT2D eigenvalue weighted by atomic mass is 19.4. The van der Waals surface area contributed by atoms with Crippen LogP contribution in [0.1, 0.15) is 30.9 Å². The van der Waals surface area contributed by atoms with Gasteiger partial charge < -0.3 is 15.0 Å². The van der Waals surface area contributed by atoms with Crippen molar-refractivity contribution >= 4 is 28.3 Å². The number of methoxy groups -OCH3 is 1. The third-order valence-corrected chi connectivity index (χ3v) is 5.48. The van der Waals surface area contributed by atoms with E-state index in [1.807, 2.05) is 36.4 Å². The molecule has 0 spiro atoms. The molecule has 0 aliphatic rings. The molecule has 3 aromatic carbocycles. The standard InChI is InChI=1S/C25H25F3N2O3/c1-4-30(15-23(31)29-22-8-6-5-7-21(22)25(26,27)28)24(32)16(2)17-9-10-19-14-20(33-3)12-11-18(19)13-17/h5-14,16H,4,15H2,1-3H3,(H,29,31). The van der Waals surface area contributed by atoms with E-state index in [2.05, 4.69) is 5.32 Å². The number of fused-ring (bicyclic) bond motifs is 1. The van der Waals surface area contributed by atoms with E-state index in [4.69, 9.17) is 4.74 Å². The van der Waals surface area contributed by atoms with Gasteiger partial charge in [-0.3, -0.25) is 9.59 Å². The molecule has 0 heterocycles. The van der Waals surface area contributed by atoms with E-state index in [-0.39, 0.29) is 24.7 Å². The summed E-state index contributed by atoms with van der Waals surface area (Å²) in [7, 11) is 1.59. The van der Waals surface area contributed by atoms with Gasteiger partial charge in [0.15, 0.2) is 0 Å². The second-order valence-corrected chi connectivity index (χ2v) is 7.64. The molecular weight excluding hydrogens is 433 g/mol. The number of anilines is 1. The van der Waals surface area contributed by atoms with Gasteiger partial charge in [-0.2, -0.15) is 13.2 Å². The van der Waals surface area contributed by atoms with Crippen LogP contribution < -0.4 is 10.1 Å². The zero-order valence-corrected chi connectivity index (χ0v) is 18.6. The summed E-state index contributed by atoms with van der Waals surface area (Å²) < 4.78 is 44.8. The molecule has 1 atom stereocenters. The highest BCUT2D eigenvalue weighted by molar-refractivity contribution is 5.96. The van der Waals surface area contributed by atoms with Gasteiger partial charge in [0.25, 0.3) is 0 Å². The largest absolute Gasteiger partial charge is 0.497 e. The first kappa shape index (κ1) is 24.1. The normalized spacial score (nSPS) is 12.3. The van der Waals surface area contributed by atoms with E-state index in [0.717, 1.165) is 28.2 Å². The Labute approximate surface area is 190 Å². The molecule has 0 bridgehead atoms. The molecule has 0 saturated carbocycles. The van der Waals surface area contributed by atoms with Crippen LogP contribution in [0.15, 0.2) is 60.7 Å². The quantitative estimate of drug-likeness (QED) is 0.512. The Kier molecular flexibility index (Phi) is 7.26. The topological polar surface area (TPSA) is 58.6 Å². The fourth-order valence-corrected chi connectivity index (χ4v) is 3.60. The van der Waals surface area contributed by atoms with Crippen molar-refractivity contribution in [2.24, 2.45) is 0 Å². The van der Waals surface area contributed by atoms with Crippen LogP contribution in [0.3, 0.4) is 0 Å². The van der Waals surface area contributed by atoms with Crippen molar-refractivity contribution < 1.29 is 27.5 Å². The number of likely N-dealkylation sites (N-methyl/N-ethyl adjacent to an activating group) is 1. The lowest BCUT2D eigenvalue weighted by Gasteiger charge is -2.24. The van der Waals surface area contributed by atoms with Gasteiger partial charge in [-0.15, -0.1) is 0 Å². The Hall–Kier alpha value is -3.55. The number of halogens is 3. The number of nitrogens with zero attached hydrogens (tertiary/aromatic N) is 1. The lowest BCUT2D eigenvalue weighted by atomic mass is 9.96. The first-order valence-electron chi connectivity index (χ1n) is 10.5. The minimum Gasteiger partial charge on any atom is -0.497 e. The molecule has 1 unspecified atom stereocenters. The van der Waals surface area contributed by atoms with Gasteiger partial charge >= 0.3 is 6.18 Å². The second-order valence-electron chi connectivity index (χ2n) is 7.64. The number of amides is 2. The van der Waals surface area contributed by atoms with E-state index in [1.165, 1.54) is 23.1 Å². The van der Waals surface area contributed by atoms with Crippen LogP contribution in [-0.4, -0.2) is 36.9 Å². The maximum atomic E-state index is 13.2. The minimum atomic E-state index is -4.60. The molecule has 2 amide bonds. The monoisotopic (exact) mass is 458 g/mol. The van der Waals surface area contributed by atoms with Gasteiger partial charge in [0.1, 0.15) is 5.75 Å². The molecule has 3 aromatic rings. The van der Waals surface area contributed by atoms with Crippen molar-refractivity contribution in [3.05, 3.63) is 71.8 Å². The van der Waals surface area contributed by atoms with Crippen LogP contribution in [0.25, 0.3) is 10.8 Å². The Balaban J connectivity index is 1.73. The van der Waals surface area contributed by atoms with Crippen molar-refractivity contribution in [3.63, 3.8) is 0 Å². The number of carbonyl (C=O) groups excluding carboxylic acids is 2. The number of alkyl halides is 3. The summed E-state index contributed by atoms with van der Waals surface area (Å²) in [5.41, 5.74) is -0.496. The molecule has 3 rings (SSSR count). The smallest absolute Gasteiger partial charge is 0.418 e. The first-order chi connectivity index (χ1) is 15.6. The maximum Gasteiger partial charge on any atom is 0.418 e. The number of benzene rings is 3. The number of ether oxygens (including phenoxy) is 1. The average molecular weight is 458 g/mol. The first-order valence-corrected chi connectivity index (χ1v) is 10.5. The fraction of sp³-hybridized carbons (Fsp3) is 0.280. The van der Waals surface area contributed by atoms with Crippen LogP contribution >= 0.6 is 0 Å². The number of hydrogen-bond acceptors (Lipinski definition) is 3. The zero-order chi connectivity index (χ0) is 24.2. The minimum absolute atomic E-state index is 0.238. The molecule has 8 heteroatoms. The number of rotatable bonds is 7. The lowest BCUT2D eigenvalue weighted by molar-refractivity contribution is -0.137. The van der Waals surface area contributed by atoms with Crippen molar-refractivity contribution in [1.82, 2.24) is 4.90 Å². The molecule has 0 aliphatic carbocycles. The fourth-order valence-electron chi connectivity index (χ4n) is 3.60. The van der Waals surface area contributed by atoms with Crippen LogP contribution in [0.2, 0.25) is 0 Å². The summed E-state index contributed by atoms with van der Waals surface area (Å²) in [6.45, 7) is 3.35. The predicted molar refractivity (Wildman–Crippen MR) is 121 cm³/mol. The molecule has 0 aromatic heterocycles. The van der Waals surface area contributed by atoms with Gasteiger partial charge in [0, 0.05) is 6.54 Å². The van der Waals surface area contributed by atoms with Crippen molar-refractivity contribution in [2.75, 3.05) is 25.5 Å². The Morgan fingerprint density at radius 3 is 2.36 bits per heavy atom. The summed E-state index contributed by atoms with van der Waals surface area (Å²) in [6.07, 6.45) is -4.60. The van der Waals surface area contributed by atoms with E-state index in [1.54, 1.807) is 21.0 Å². The Morgan fingerprint density at radius 1 is 1.03 bits per heavy atom. The van der Waals surface area contributed by atoms with E-state index in [0.29, 0.717) is 0 Å². The zero-order valence-electron chi connectivity index (χ0n) is 18.6. The molecule has 0 fully saturated rings. The highest BCUT2D eigenvalue weighted by Gasteiger charge is 2.33. The van der Waals surface area contributed by atoms with Crippen molar-refractivity contribution in [1.29, 1.82) is 0 Å². The molecule has 174 valence electrons. The summed E-state index contributed by atoms with van der Waals surface area (Å²) in [5.74, 6) is -0.786. The van der Waals surface area contributed by atoms with Crippen molar-refractivity contribution in [3.8, 4) is 5.75 Å². The van der Waals surface area contributed by atoms with E-state index in [9.17, 15) is 22.8 Å². The van der Waals surface area contributed by atoms with E-state index < -0.39 is 23.6 Å². The van der Waals surface area contributed by atoms with E-state index >= 15 is 0 Å². The van der Waals surface area contributed by atoms with Crippen LogP contribution in [0, 0.1) is 0 Å². The molecule has 5 nitrogen and oxygen atoms in total. The average Bonchev–Trinajstić information content (AvgIpc) is 2.80. The summed E-state index contributed by atoms with van der Waals surface area (Å²) in [6, 6.07) is 16.0. The molecule has 0 saturated heterocycles. The van der Waals surface area contributed by atoms with Gasteiger partial charge in [0.2, 0.25) is 11.8 Å². The Morgan fingerprint density at radius 2 is 1.70 bits per heavy atom. The maximum absolute atomic E-state index is 13.2. The van der Waals surface area contributed by atoms with Gasteiger partial charge in [-0.1, -0.05) is 36.4 Å². The summed E-state index contributed by atoms with van der Waals surface area (Å²) in [4.78, 5) is 26.9. The van der Waals surface area contributed by atoms with Gasteiger partial charge in [-0.25, -0.2) is 0 Å². The Bertz CT molecular complexity index is 1160. The molecule has 33 heavy (non-hydrogen) atoms. The molecule has 0 radical (unpaired) electrons. The number of para-hydroxylation sites is 1. The SMILES string of the molecule is CCN(CC(=O)Nc1ccccc1C(F)(F)F)C(=O)C(C)c1ccc2cc(OC)ccc2c1. The second kappa shape index (κ2) is 9.94. The van der Waals surface area contributed by atoms with Gasteiger partial charge in [-0.05, 0) is 54.4 Å². The summed E-state index contributed by atoms with van der Waals surface area (Å²) in [5, 5.41) is 4.19. The van der Waals surface area contributed by atoms with Crippen LogP contribution in [0.4, 0.5) is 18.9 Å². The highest BCUT2D eigenvalue weighted by Crippen LogP contribution is 2.34. The molecular formula is C25H25F3N2O3. The van der Waals surface area contributed by atoms with Gasteiger partial charge in [0.05, 0.1) is 30.8 Å². The summed E-state index contributed by atoms with van der Waals surface area (Å²) >= 11 is 0. The lowest BCUT2D eigenvalue weighted by Crippen LogP contribution is -2.40. The van der Waals surface area contributed by atoms with Crippen LogP contribution in [-0.2, 0) is 15.8 Å². The number of carbonyl (C=O) groups is 2. The third kappa shape index (κ3) is 5.63. The predicted octanol–water partition coefficient (Wildman–Crippen LogP) is 5.46. The third-order valence-electron chi connectivity index (χ3n) is 5.48.